The summed E-state index contributed by atoms with van der Waals surface area (Å²) in [6, 6.07) is 11.7. The third kappa shape index (κ3) is 3.22. The van der Waals surface area contributed by atoms with Crippen molar-refractivity contribution in [3.63, 3.8) is 0 Å². The van der Waals surface area contributed by atoms with Crippen LogP contribution in [0.15, 0.2) is 40.8 Å². The quantitative estimate of drug-likeness (QED) is 0.887. The molecule has 22 heavy (non-hydrogen) atoms. The van der Waals surface area contributed by atoms with Gasteiger partial charge in [-0.05, 0) is 31.9 Å². The monoisotopic (exact) mass is 301 g/mol. The van der Waals surface area contributed by atoms with Crippen LogP contribution in [0.4, 0.5) is 0 Å². The first-order valence-electron chi connectivity index (χ1n) is 7.48. The van der Waals surface area contributed by atoms with Crippen LogP contribution >= 0.6 is 0 Å². The van der Waals surface area contributed by atoms with Crippen LogP contribution in [0.1, 0.15) is 40.8 Å². The van der Waals surface area contributed by atoms with Crippen LogP contribution < -0.4 is 5.32 Å². The van der Waals surface area contributed by atoms with Gasteiger partial charge in [0.25, 0.3) is 5.91 Å². The van der Waals surface area contributed by atoms with E-state index in [1.807, 2.05) is 37.3 Å². The van der Waals surface area contributed by atoms with Crippen LogP contribution in [0.3, 0.4) is 0 Å². The molecule has 1 N–H and O–H groups in total. The van der Waals surface area contributed by atoms with Gasteiger partial charge in [0.05, 0.1) is 12.1 Å². The fourth-order valence-electron chi connectivity index (χ4n) is 2.68. The lowest BCUT2D eigenvalue weighted by Gasteiger charge is -2.32. The topological polar surface area (TPSA) is 51.5 Å². The van der Waals surface area contributed by atoms with E-state index in [-0.39, 0.29) is 5.91 Å². The molecule has 1 heterocycles. The highest BCUT2D eigenvalue weighted by atomic mass is 16.5. The molecule has 0 aliphatic carbocycles. The number of ether oxygens (including phenoxy) is 1. The van der Waals surface area contributed by atoms with Crippen LogP contribution in [0.25, 0.3) is 0 Å². The Morgan fingerprint density at radius 2 is 1.95 bits per heavy atom. The van der Waals surface area contributed by atoms with Crippen molar-refractivity contribution in [2.45, 2.75) is 32.8 Å². The number of furan rings is 1. The maximum Gasteiger partial charge on any atom is 0.254 e. The number of carbonyl (C=O) groups is 1. The second kappa shape index (κ2) is 6.79. The summed E-state index contributed by atoms with van der Waals surface area (Å²) in [5.74, 6) is 1.23. The lowest BCUT2D eigenvalue weighted by atomic mass is 9.90. The minimum atomic E-state index is -0.524. The molecule has 0 saturated carbocycles. The predicted octanol–water partition coefficient (Wildman–Crippen LogP) is 3.58. The summed E-state index contributed by atoms with van der Waals surface area (Å²) in [6.45, 7) is 6.09. The van der Waals surface area contributed by atoms with Gasteiger partial charge in [-0.25, -0.2) is 0 Å². The van der Waals surface area contributed by atoms with E-state index in [9.17, 15) is 4.79 Å². The molecule has 1 aromatic heterocycles. The minimum absolute atomic E-state index is 0.139. The van der Waals surface area contributed by atoms with E-state index >= 15 is 0 Å². The standard InChI is InChI=1S/C18H23NO3/c1-5-18(21-4,15-9-7-6-8-10-15)12-19-17(20)16-11-13(2)22-14(16)3/h6-11H,5,12H2,1-4H3,(H,19,20). The number of aryl methyl sites for hydroxylation is 2. The smallest absolute Gasteiger partial charge is 0.254 e. The van der Waals surface area contributed by atoms with Crippen LogP contribution in [-0.4, -0.2) is 19.6 Å². The van der Waals surface area contributed by atoms with Gasteiger partial charge in [-0.3, -0.25) is 4.79 Å². The molecule has 4 nitrogen and oxygen atoms in total. The van der Waals surface area contributed by atoms with Crippen molar-refractivity contribution in [3.8, 4) is 0 Å². The molecule has 0 saturated heterocycles. The molecular formula is C18H23NO3. The summed E-state index contributed by atoms with van der Waals surface area (Å²) in [6.07, 6.45) is 0.761. The number of benzene rings is 1. The third-order valence-corrected chi connectivity index (χ3v) is 4.08. The van der Waals surface area contributed by atoms with Gasteiger partial charge in [0.15, 0.2) is 0 Å². The maximum absolute atomic E-state index is 12.4. The van der Waals surface area contributed by atoms with Crippen molar-refractivity contribution in [3.05, 3.63) is 59.0 Å². The Morgan fingerprint density at radius 3 is 2.45 bits per heavy atom. The molecule has 1 unspecified atom stereocenters. The fourth-order valence-corrected chi connectivity index (χ4v) is 2.68. The average molecular weight is 301 g/mol. The normalized spacial score (nSPS) is 13.6. The number of hydrogen-bond acceptors (Lipinski definition) is 3. The molecule has 0 spiro atoms. The molecule has 118 valence electrons. The molecule has 0 bridgehead atoms. The highest BCUT2D eigenvalue weighted by Gasteiger charge is 2.31. The summed E-state index contributed by atoms with van der Waals surface area (Å²) in [5.41, 5.74) is 1.11. The zero-order valence-corrected chi connectivity index (χ0v) is 13.6. The van der Waals surface area contributed by atoms with E-state index in [0.717, 1.165) is 17.7 Å². The van der Waals surface area contributed by atoms with E-state index in [4.69, 9.17) is 9.15 Å². The molecule has 2 aromatic rings. The Kier molecular flexibility index (Phi) is 5.03. The number of rotatable bonds is 6. The lowest BCUT2D eigenvalue weighted by molar-refractivity contribution is -0.0164. The van der Waals surface area contributed by atoms with Gasteiger partial charge in [-0.15, -0.1) is 0 Å². The zero-order chi connectivity index (χ0) is 16.2. The van der Waals surface area contributed by atoms with Crippen LogP contribution in [0.5, 0.6) is 0 Å². The zero-order valence-electron chi connectivity index (χ0n) is 13.6. The number of nitrogens with one attached hydrogen (secondary N) is 1. The van der Waals surface area contributed by atoms with Gasteiger partial charge in [-0.2, -0.15) is 0 Å². The number of carbonyl (C=O) groups excluding carboxylic acids is 1. The molecule has 0 radical (unpaired) electrons. The minimum Gasteiger partial charge on any atom is -0.466 e. The molecule has 0 aliphatic rings. The van der Waals surface area contributed by atoms with Crippen LogP contribution in [0.2, 0.25) is 0 Å². The summed E-state index contributed by atoms with van der Waals surface area (Å²) in [4.78, 5) is 12.4. The fraction of sp³-hybridized carbons (Fsp3) is 0.389. The van der Waals surface area contributed by atoms with Crippen molar-refractivity contribution < 1.29 is 13.9 Å². The van der Waals surface area contributed by atoms with E-state index in [0.29, 0.717) is 17.9 Å². The highest BCUT2D eigenvalue weighted by Crippen LogP contribution is 2.28. The van der Waals surface area contributed by atoms with Crippen molar-refractivity contribution in [1.29, 1.82) is 0 Å². The number of methoxy groups -OCH3 is 1. The van der Waals surface area contributed by atoms with Gasteiger partial charge in [0.2, 0.25) is 0 Å². The first kappa shape index (κ1) is 16.3. The Morgan fingerprint density at radius 1 is 1.27 bits per heavy atom. The van der Waals surface area contributed by atoms with Gasteiger partial charge < -0.3 is 14.5 Å². The first-order chi connectivity index (χ1) is 10.5. The number of hydrogen-bond donors (Lipinski definition) is 1. The Labute approximate surface area is 131 Å². The Bertz CT molecular complexity index is 627. The largest absolute Gasteiger partial charge is 0.466 e. The van der Waals surface area contributed by atoms with Crippen LogP contribution in [-0.2, 0) is 10.3 Å². The second-order valence-corrected chi connectivity index (χ2v) is 5.43. The molecule has 1 amide bonds. The van der Waals surface area contributed by atoms with E-state index in [1.54, 1.807) is 20.1 Å². The van der Waals surface area contributed by atoms with Gasteiger partial charge in [0.1, 0.15) is 17.1 Å². The second-order valence-electron chi connectivity index (χ2n) is 5.43. The maximum atomic E-state index is 12.4. The molecule has 1 aromatic carbocycles. The van der Waals surface area contributed by atoms with E-state index < -0.39 is 5.60 Å². The molecule has 0 aliphatic heterocycles. The molecule has 4 heteroatoms. The molecule has 2 rings (SSSR count). The summed E-state index contributed by atoms with van der Waals surface area (Å²) in [5, 5.41) is 2.97. The Hall–Kier alpha value is -2.07. The molecule has 0 fully saturated rings. The summed E-state index contributed by atoms with van der Waals surface area (Å²) < 4.78 is 11.2. The molecular weight excluding hydrogens is 278 g/mol. The average Bonchev–Trinajstić information content (AvgIpc) is 2.88. The lowest BCUT2D eigenvalue weighted by Crippen LogP contribution is -2.42. The Balaban J connectivity index is 2.16. The van der Waals surface area contributed by atoms with E-state index in [1.165, 1.54) is 0 Å². The summed E-state index contributed by atoms with van der Waals surface area (Å²) in [7, 11) is 1.68. The van der Waals surface area contributed by atoms with Crippen LogP contribution in [0, 0.1) is 13.8 Å². The molecule has 1 atom stereocenters. The highest BCUT2D eigenvalue weighted by molar-refractivity contribution is 5.95. The van der Waals surface area contributed by atoms with Crippen molar-refractivity contribution in [1.82, 2.24) is 5.32 Å². The SMILES string of the molecule is CCC(CNC(=O)c1cc(C)oc1C)(OC)c1ccccc1. The van der Waals surface area contributed by atoms with Gasteiger partial charge >= 0.3 is 0 Å². The van der Waals surface area contributed by atoms with Crippen molar-refractivity contribution in [2.24, 2.45) is 0 Å². The summed E-state index contributed by atoms with van der Waals surface area (Å²) >= 11 is 0. The van der Waals surface area contributed by atoms with Gasteiger partial charge in [0, 0.05) is 7.11 Å². The van der Waals surface area contributed by atoms with Gasteiger partial charge in [-0.1, -0.05) is 37.3 Å². The van der Waals surface area contributed by atoms with Crippen molar-refractivity contribution in [2.75, 3.05) is 13.7 Å². The van der Waals surface area contributed by atoms with Crippen molar-refractivity contribution >= 4 is 5.91 Å². The third-order valence-electron chi connectivity index (χ3n) is 4.08. The van der Waals surface area contributed by atoms with E-state index in [2.05, 4.69) is 12.2 Å². The predicted molar refractivity (Wildman–Crippen MR) is 85.9 cm³/mol. The number of amides is 1. The first-order valence-corrected chi connectivity index (χ1v) is 7.48.